The van der Waals surface area contributed by atoms with Crippen LogP contribution in [0.4, 0.5) is 0 Å². The van der Waals surface area contributed by atoms with Gasteiger partial charge in [-0.15, -0.1) is 0 Å². The van der Waals surface area contributed by atoms with Crippen molar-refractivity contribution in [1.82, 2.24) is 0 Å². The number of rotatable bonds is 10. The van der Waals surface area contributed by atoms with E-state index in [4.69, 9.17) is 4.74 Å². The summed E-state index contributed by atoms with van der Waals surface area (Å²) in [7, 11) is 0. The van der Waals surface area contributed by atoms with Crippen LogP contribution >= 0.6 is 12.6 Å². The number of carbonyl (C=O) groups excluding carboxylic acids is 1. The van der Waals surface area contributed by atoms with Gasteiger partial charge in [0.1, 0.15) is 6.10 Å². The van der Waals surface area contributed by atoms with Crippen molar-refractivity contribution in [2.24, 2.45) is 0 Å². The molecule has 3 heteroatoms. The lowest BCUT2D eigenvalue weighted by Gasteiger charge is -2.18. The van der Waals surface area contributed by atoms with Gasteiger partial charge in [0.25, 0.3) is 0 Å². The lowest BCUT2D eigenvalue weighted by molar-refractivity contribution is -0.131. The molecular weight excluding hydrogens is 220 g/mol. The molecular formula is C13H26O2S. The minimum Gasteiger partial charge on any atom is -0.370 e. The average Bonchev–Trinajstić information content (AvgIpc) is 2.22. The number of unbranched alkanes of at least 4 members (excludes halogenated alkanes) is 2. The molecule has 0 rings (SSSR count). The number of hydrogen-bond acceptors (Lipinski definition) is 3. The Morgan fingerprint density at radius 2 is 1.94 bits per heavy atom. The van der Waals surface area contributed by atoms with Crippen LogP contribution in [0.25, 0.3) is 0 Å². The van der Waals surface area contributed by atoms with E-state index in [0.717, 1.165) is 19.3 Å². The molecule has 0 aliphatic carbocycles. The van der Waals surface area contributed by atoms with E-state index < -0.39 is 0 Å². The summed E-state index contributed by atoms with van der Waals surface area (Å²) >= 11 is 4.33. The average molecular weight is 246 g/mol. The largest absolute Gasteiger partial charge is 0.370 e. The van der Waals surface area contributed by atoms with Crippen LogP contribution in [0.3, 0.4) is 0 Å². The molecule has 0 aromatic rings. The number of ketones is 1. The summed E-state index contributed by atoms with van der Waals surface area (Å²) < 4.78 is 5.67. The standard InChI is InChI=1S/C13H26O2S/c1-4-6-7-9-15-13(10-11(3)16)12(14)8-5-2/h11,13,16H,4-10H2,1-3H3. The first-order valence-electron chi connectivity index (χ1n) is 6.44. The van der Waals surface area contributed by atoms with Gasteiger partial charge in [0.15, 0.2) is 5.78 Å². The quantitative estimate of drug-likeness (QED) is 0.470. The third-order valence-electron chi connectivity index (χ3n) is 2.48. The van der Waals surface area contributed by atoms with Crippen molar-refractivity contribution in [2.75, 3.05) is 6.61 Å². The minimum absolute atomic E-state index is 0.219. The second-order valence-electron chi connectivity index (χ2n) is 4.37. The van der Waals surface area contributed by atoms with Crippen molar-refractivity contribution in [1.29, 1.82) is 0 Å². The number of thiol groups is 1. The predicted octanol–water partition coefficient (Wildman–Crippen LogP) is 3.64. The molecule has 0 heterocycles. The summed E-state index contributed by atoms with van der Waals surface area (Å²) in [5.74, 6) is 0.236. The van der Waals surface area contributed by atoms with Crippen LogP contribution in [0, 0.1) is 0 Å². The molecule has 0 aliphatic rings. The number of ether oxygens (including phenoxy) is 1. The number of Topliss-reactive ketones (excluding diaryl/α,β-unsaturated/α-hetero) is 1. The van der Waals surface area contributed by atoms with E-state index in [0.29, 0.717) is 13.0 Å². The van der Waals surface area contributed by atoms with E-state index in [1.54, 1.807) is 0 Å². The topological polar surface area (TPSA) is 26.3 Å². The Labute approximate surface area is 106 Å². The fraction of sp³-hybridized carbons (Fsp3) is 0.923. The maximum absolute atomic E-state index is 11.8. The first-order valence-corrected chi connectivity index (χ1v) is 6.95. The Balaban J connectivity index is 3.94. The normalized spacial score (nSPS) is 14.8. The van der Waals surface area contributed by atoms with Crippen molar-refractivity contribution in [3.63, 3.8) is 0 Å². The fourth-order valence-electron chi connectivity index (χ4n) is 1.59. The second kappa shape index (κ2) is 10.2. The lowest BCUT2D eigenvalue weighted by atomic mass is 10.1. The summed E-state index contributed by atoms with van der Waals surface area (Å²) in [5, 5.41) is 0.219. The molecule has 0 radical (unpaired) electrons. The fourth-order valence-corrected chi connectivity index (χ4v) is 1.78. The smallest absolute Gasteiger partial charge is 0.161 e. The predicted molar refractivity (Wildman–Crippen MR) is 72.2 cm³/mol. The molecule has 0 aromatic heterocycles. The lowest BCUT2D eigenvalue weighted by Crippen LogP contribution is -2.27. The van der Waals surface area contributed by atoms with Crippen LogP contribution in [-0.2, 0) is 9.53 Å². The van der Waals surface area contributed by atoms with E-state index in [9.17, 15) is 4.79 Å². The van der Waals surface area contributed by atoms with Gasteiger partial charge in [-0.3, -0.25) is 4.79 Å². The second-order valence-corrected chi connectivity index (χ2v) is 5.25. The van der Waals surface area contributed by atoms with Gasteiger partial charge in [0.05, 0.1) is 0 Å². The van der Waals surface area contributed by atoms with Crippen LogP contribution in [0.15, 0.2) is 0 Å². The van der Waals surface area contributed by atoms with Crippen LogP contribution in [0.2, 0.25) is 0 Å². The maximum Gasteiger partial charge on any atom is 0.161 e. The maximum atomic E-state index is 11.8. The molecule has 2 nitrogen and oxygen atoms in total. The number of carbonyl (C=O) groups is 1. The van der Waals surface area contributed by atoms with Crippen LogP contribution < -0.4 is 0 Å². The molecule has 0 amide bonds. The third kappa shape index (κ3) is 8.17. The zero-order chi connectivity index (χ0) is 12.4. The van der Waals surface area contributed by atoms with Crippen molar-refractivity contribution in [3.05, 3.63) is 0 Å². The highest BCUT2D eigenvalue weighted by Gasteiger charge is 2.19. The Kier molecular flexibility index (Phi) is 10.1. The Morgan fingerprint density at radius 1 is 1.25 bits per heavy atom. The van der Waals surface area contributed by atoms with Gasteiger partial charge in [-0.1, -0.05) is 33.6 Å². The van der Waals surface area contributed by atoms with Crippen molar-refractivity contribution < 1.29 is 9.53 Å². The molecule has 16 heavy (non-hydrogen) atoms. The molecule has 0 bridgehead atoms. The molecule has 2 atom stereocenters. The van der Waals surface area contributed by atoms with E-state index in [1.165, 1.54) is 12.8 Å². The first kappa shape index (κ1) is 16.0. The monoisotopic (exact) mass is 246 g/mol. The van der Waals surface area contributed by atoms with Crippen LogP contribution in [0.5, 0.6) is 0 Å². The van der Waals surface area contributed by atoms with Gasteiger partial charge < -0.3 is 4.74 Å². The molecule has 0 fully saturated rings. The van der Waals surface area contributed by atoms with Gasteiger partial charge >= 0.3 is 0 Å². The molecule has 2 unspecified atom stereocenters. The summed E-state index contributed by atoms with van der Waals surface area (Å²) in [6, 6.07) is 0. The van der Waals surface area contributed by atoms with Crippen molar-refractivity contribution >= 4 is 18.4 Å². The molecule has 0 N–H and O–H groups in total. The Morgan fingerprint density at radius 3 is 2.44 bits per heavy atom. The van der Waals surface area contributed by atoms with Gasteiger partial charge in [-0.05, 0) is 19.3 Å². The Hall–Kier alpha value is -0.0200. The van der Waals surface area contributed by atoms with Gasteiger partial charge in [0, 0.05) is 18.3 Å². The first-order chi connectivity index (χ1) is 7.61. The summed E-state index contributed by atoms with van der Waals surface area (Å²) in [6.45, 7) is 6.89. The zero-order valence-corrected chi connectivity index (χ0v) is 11.8. The number of hydrogen-bond donors (Lipinski definition) is 1. The van der Waals surface area contributed by atoms with Crippen LogP contribution in [0.1, 0.15) is 59.3 Å². The minimum atomic E-state index is -0.232. The van der Waals surface area contributed by atoms with Gasteiger partial charge in [-0.25, -0.2) is 0 Å². The van der Waals surface area contributed by atoms with Crippen molar-refractivity contribution in [2.45, 2.75) is 70.7 Å². The van der Waals surface area contributed by atoms with Gasteiger partial charge in [-0.2, -0.15) is 12.6 Å². The van der Waals surface area contributed by atoms with E-state index >= 15 is 0 Å². The summed E-state index contributed by atoms with van der Waals surface area (Å²) in [6.07, 6.45) is 5.42. The van der Waals surface area contributed by atoms with Gasteiger partial charge in [0.2, 0.25) is 0 Å². The van der Waals surface area contributed by atoms with E-state index in [1.807, 2.05) is 13.8 Å². The molecule has 0 saturated heterocycles. The van der Waals surface area contributed by atoms with Crippen LogP contribution in [-0.4, -0.2) is 23.7 Å². The zero-order valence-electron chi connectivity index (χ0n) is 10.9. The molecule has 0 aliphatic heterocycles. The molecule has 0 saturated carbocycles. The summed E-state index contributed by atoms with van der Waals surface area (Å²) in [5.41, 5.74) is 0. The molecule has 0 aromatic carbocycles. The highest BCUT2D eigenvalue weighted by Crippen LogP contribution is 2.12. The molecule has 0 spiro atoms. The van der Waals surface area contributed by atoms with Crippen molar-refractivity contribution in [3.8, 4) is 0 Å². The third-order valence-corrected chi connectivity index (χ3v) is 2.69. The summed E-state index contributed by atoms with van der Waals surface area (Å²) in [4.78, 5) is 11.8. The highest BCUT2D eigenvalue weighted by molar-refractivity contribution is 7.80. The van der Waals surface area contributed by atoms with E-state index in [2.05, 4.69) is 19.6 Å². The highest BCUT2D eigenvalue weighted by atomic mass is 32.1. The molecule has 96 valence electrons. The van der Waals surface area contributed by atoms with E-state index in [-0.39, 0.29) is 17.1 Å². The Bertz CT molecular complexity index is 181. The SMILES string of the molecule is CCCCCOC(CC(C)S)C(=O)CCC.